The number of aliphatic imine (C=N–C) groups is 1. The molecule has 0 bridgehead atoms. The van der Waals surface area contributed by atoms with Crippen LogP contribution in [0.4, 0.5) is 11.6 Å². The Kier molecular flexibility index (Phi) is 8.71. The minimum atomic E-state index is 0.597. The first-order valence-corrected chi connectivity index (χ1v) is 10.8. The number of benzene rings is 1. The molecule has 168 valence electrons. The van der Waals surface area contributed by atoms with Crippen molar-refractivity contribution in [2.45, 2.75) is 13.8 Å². The fraction of sp³-hybridized carbons (Fsp3) is 0.500. The van der Waals surface area contributed by atoms with Gasteiger partial charge in [-0.05, 0) is 32.0 Å². The lowest BCUT2D eigenvalue weighted by Gasteiger charge is -2.34. The number of methoxy groups -OCH3 is 1. The summed E-state index contributed by atoms with van der Waals surface area (Å²) in [5.41, 5.74) is 0.900. The second kappa shape index (κ2) is 11.9. The molecule has 1 fully saturated rings. The van der Waals surface area contributed by atoms with Gasteiger partial charge in [0.05, 0.1) is 20.3 Å². The van der Waals surface area contributed by atoms with Crippen molar-refractivity contribution in [3.63, 3.8) is 0 Å². The van der Waals surface area contributed by atoms with Crippen molar-refractivity contribution in [1.82, 2.24) is 20.2 Å². The van der Waals surface area contributed by atoms with Crippen LogP contribution in [0.2, 0.25) is 0 Å². The number of ether oxygens (including phenoxy) is 2. The summed E-state index contributed by atoms with van der Waals surface area (Å²) in [4.78, 5) is 18.1. The predicted octanol–water partition coefficient (Wildman–Crippen LogP) is 2.08. The van der Waals surface area contributed by atoms with E-state index in [0.29, 0.717) is 18.9 Å². The molecular weight excluding hydrogens is 394 g/mol. The summed E-state index contributed by atoms with van der Waals surface area (Å²) in [5.74, 6) is 3.00. The van der Waals surface area contributed by atoms with E-state index in [1.165, 1.54) is 0 Å². The number of hydrogen-bond donors (Lipinski definition) is 2. The van der Waals surface area contributed by atoms with Crippen molar-refractivity contribution < 1.29 is 9.47 Å². The average molecular weight is 428 g/mol. The summed E-state index contributed by atoms with van der Waals surface area (Å²) >= 11 is 0. The van der Waals surface area contributed by atoms with Gasteiger partial charge in [-0.25, -0.2) is 9.97 Å². The van der Waals surface area contributed by atoms with Gasteiger partial charge in [0.15, 0.2) is 17.5 Å². The van der Waals surface area contributed by atoms with E-state index in [0.717, 1.165) is 62.6 Å². The Morgan fingerprint density at radius 1 is 1.10 bits per heavy atom. The highest BCUT2D eigenvalue weighted by atomic mass is 16.5. The number of guanidine groups is 1. The van der Waals surface area contributed by atoms with Crippen LogP contribution in [0.25, 0.3) is 0 Å². The molecule has 9 heteroatoms. The van der Waals surface area contributed by atoms with Crippen molar-refractivity contribution in [2.75, 3.05) is 69.7 Å². The maximum absolute atomic E-state index is 5.59. The molecule has 0 radical (unpaired) electrons. The van der Waals surface area contributed by atoms with Gasteiger partial charge in [0, 0.05) is 63.4 Å². The number of rotatable bonds is 9. The van der Waals surface area contributed by atoms with Crippen LogP contribution < -0.4 is 25.0 Å². The molecule has 0 amide bonds. The molecular formula is C22H33N7O2. The molecule has 1 aromatic carbocycles. The summed E-state index contributed by atoms with van der Waals surface area (Å²) in [5, 5.41) is 6.65. The topological polar surface area (TPSA) is 87.1 Å². The van der Waals surface area contributed by atoms with Gasteiger partial charge in [0.2, 0.25) is 5.95 Å². The number of anilines is 2. The third-order valence-corrected chi connectivity index (χ3v) is 4.96. The third kappa shape index (κ3) is 6.71. The van der Waals surface area contributed by atoms with Gasteiger partial charge in [-0.3, -0.25) is 9.89 Å². The second-order valence-corrected chi connectivity index (χ2v) is 7.06. The highest BCUT2D eigenvalue weighted by molar-refractivity contribution is 5.93. The number of piperazine rings is 1. The first-order chi connectivity index (χ1) is 15.2. The highest BCUT2D eigenvalue weighted by Crippen LogP contribution is 2.30. The van der Waals surface area contributed by atoms with Crippen LogP contribution in [0.5, 0.6) is 11.5 Å². The molecule has 1 saturated heterocycles. The van der Waals surface area contributed by atoms with Crippen LogP contribution in [0.3, 0.4) is 0 Å². The Morgan fingerprint density at radius 2 is 1.87 bits per heavy atom. The van der Waals surface area contributed by atoms with Crippen molar-refractivity contribution in [3.8, 4) is 11.5 Å². The van der Waals surface area contributed by atoms with Crippen LogP contribution in [-0.4, -0.2) is 80.4 Å². The molecule has 1 aromatic heterocycles. The summed E-state index contributed by atoms with van der Waals surface area (Å²) < 4.78 is 11.0. The number of nitrogens with zero attached hydrogens (tertiary/aromatic N) is 5. The predicted molar refractivity (Wildman–Crippen MR) is 124 cm³/mol. The summed E-state index contributed by atoms with van der Waals surface area (Å²) in [6.07, 6.45) is 3.58. The van der Waals surface area contributed by atoms with E-state index in [2.05, 4.69) is 37.3 Å². The molecule has 9 nitrogen and oxygen atoms in total. The molecule has 0 atom stereocenters. The second-order valence-electron chi connectivity index (χ2n) is 7.06. The molecule has 1 aliphatic heterocycles. The zero-order valence-corrected chi connectivity index (χ0v) is 18.7. The zero-order chi connectivity index (χ0) is 21.9. The number of aromatic nitrogens is 2. The molecule has 0 unspecified atom stereocenters. The summed E-state index contributed by atoms with van der Waals surface area (Å²) in [6.45, 7) is 10.8. The molecule has 31 heavy (non-hydrogen) atoms. The van der Waals surface area contributed by atoms with Crippen LogP contribution in [0, 0.1) is 0 Å². The molecule has 2 N–H and O–H groups in total. The zero-order valence-electron chi connectivity index (χ0n) is 18.7. The van der Waals surface area contributed by atoms with E-state index in [1.54, 1.807) is 19.5 Å². The quantitative estimate of drug-likeness (QED) is 0.465. The Morgan fingerprint density at radius 3 is 2.55 bits per heavy atom. The van der Waals surface area contributed by atoms with Crippen molar-refractivity contribution in [1.29, 1.82) is 0 Å². The van der Waals surface area contributed by atoms with Crippen molar-refractivity contribution in [3.05, 3.63) is 36.7 Å². The van der Waals surface area contributed by atoms with Gasteiger partial charge in [0.1, 0.15) is 0 Å². The third-order valence-electron chi connectivity index (χ3n) is 4.96. The van der Waals surface area contributed by atoms with Crippen LogP contribution in [0.1, 0.15) is 13.8 Å². The normalized spacial score (nSPS) is 14.9. The SMILES string of the molecule is CCNC(=NCCN1CCN(c2ncccn2)CC1)Nc1ccc(OCC)c(OC)c1. The van der Waals surface area contributed by atoms with Gasteiger partial charge >= 0.3 is 0 Å². The smallest absolute Gasteiger partial charge is 0.225 e. The highest BCUT2D eigenvalue weighted by Gasteiger charge is 2.18. The Labute approximate surface area is 184 Å². The first kappa shape index (κ1) is 22.6. The van der Waals surface area contributed by atoms with E-state index >= 15 is 0 Å². The van der Waals surface area contributed by atoms with Crippen LogP contribution in [0.15, 0.2) is 41.7 Å². The summed E-state index contributed by atoms with van der Waals surface area (Å²) in [6, 6.07) is 7.63. The van der Waals surface area contributed by atoms with Gasteiger partial charge in [-0.1, -0.05) is 0 Å². The maximum Gasteiger partial charge on any atom is 0.225 e. The average Bonchev–Trinajstić information content (AvgIpc) is 2.81. The molecule has 0 aliphatic carbocycles. The lowest BCUT2D eigenvalue weighted by Crippen LogP contribution is -2.47. The summed E-state index contributed by atoms with van der Waals surface area (Å²) in [7, 11) is 1.64. The van der Waals surface area contributed by atoms with E-state index < -0.39 is 0 Å². The minimum absolute atomic E-state index is 0.597. The van der Waals surface area contributed by atoms with Crippen molar-refractivity contribution in [2.24, 2.45) is 4.99 Å². The van der Waals surface area contributed by atoms with E-state index in [9.17, 15) is 0 Å². The minimum Gasteiger partial charge on any atom is -0.493 e. The maximum atomic E-state index is 5.59. The fourth-order valence-electron chi connectivity index (χ4n) is 3.39. The first-order valence-electron chi connectivity index (χ1n) is 10.8. The largest absolute Gasteiger partial charge is 0.493 e. The number of nitrogens with one attached hydrogen (secondary N) is 2. The monoisotopic (exact) mass is 427 g/mol. The molecule has 2 heterocycles. The fourth-order valence-corrected chi connectivity index (χ4v) is 3.39. The van der Waals surface area contributed by atoms with Crippen LogP contribution >= 0.6 is 0 Å². The van der Waals surface area contributed by atoms with Gasteiger partial charge in [-0.2, -0.15) is 0 Å². The molecule has 0 spiro atoms. The molecule has 0 saturated carbocycles. The van der Waals surface area contributed by atoms with Crippen LogP contribution in [-0.2, 0) is 0 Å². The Balaban J connectivity index is 1.51. The molecule has 2 aromatic rings. The Hall–Kier alpha value is -3.07. The van der Waals surface area contributed by atoms with Gasteiger partial charge in [0.25, 0.3) is 0 Å². The van der Waals surface area contributed by atoms with E-state index in [1.807, 2.05) is 31.2 Å². The van der Waals surface area contributed by atoms with Gasteiger partial charge in [-0.15, -0.1) is 0 Å². The van der Waals surface area contributed by atoms with E-state index in [4.69, 9.17) is 14.5 Å². The molecule has 3 rings (SSSR count). The lowest BCUT2D eigenvalue weighted by molar-refractivity contribution is 0.264. The van der Waals surface area contributed by atoms with E-state index in [-0.39, 0.29) is 0 Å². The standard InChI is InChI=1S/C22H33N7O2/c1-4-23-21(27-18-7-8-19(31-5-2)20(17-18)30-3)24-11-12-28-13-15-29(16-14-28)22-25-9-6-10-26-22/h6-10,17H,4-5,11-16H2,1-3H3,(H2,23,24,27). The lowest BCUT2D eigenvalue weighted by atomic mass is 10.2. The number of hydrogen-bond acceptors (Lipinski definition) is 7. The van der Waals surface area contributed by atoms with Crippen molar-refractivity contribution >= 4 is 17.6 Å². The van der Waals surface area contributed by atoms with Gasteiger partial charge < -0.3 is 25.0 Å². The Bertz CT molecular complexity index is 824. The molecule has 1 aliphatic rings.